The lowest BCUT2D eigenvalue weighted by Crippen LogP contribution is -2.40. The first-order chi connectivity index (χ1) is 11.8. The number of hydrogen-bond acceptors (Lipinski definition) is 3. The van der Waals surface area contributed by atoms with E-state index < -0.39 is 0 Å². The maximum atomic E-state index is 12.3. The molecule has 3 rings (SSSR count). The number of nitrogens with zero attached hydrogens (tertiary/aromatic N) is 2. The van der Waals surface area contributed by atoms with Crippen LogP contribution in [0.3, 0.4) is 0 Å². The molecule has 1 heterocycles. The van der Waals surface area contributed by atoms with Gasteiger partial charge in [0, 0.05) is 13.1 Å². The number of piperidine rings is 1. The van der Waals surface area contributed by atoms with Crippen molar-refractivity contribution in [1.82, 2.24) is 4.90 Å². The van der Waals surface area contributed by atoms with Crippen LogP contribution in [0.25, 0.3) is 0 Å². The molecule has 1 amide bonds. The highest BCUT2D eigenvalue weighted by atomic mass is 16.5. The van der Waals surface area contributed by atoms with E-state index in [9.17, 15) is 4.79 Å². The second-order valence-electron chi connectivity index (χ2n) is 5.96. The molecule has 1 fully saturated rings. The van der Waals surface area contributed by atoms with E-state index in [0.717, 1.165) is 25.9 Å². The van der Waals surface area contributed by atoms with Crippen LogP contribution in [0.5, 0.6) is 5.75 Å². The molecule has 0 aliphatic carbocycles. The molecule has 0 saturated carbocycles. The number of ether oxygens (including phenoxy) is 1. The van der Waals surface area contributed by atoms with Crippen LogP contribution < -0.4 is 4.74 Å². The summed E-state index contributed by atoms with van der Waals surface area (Å²) in [5, 5.41) is 9.04. The number of amides is 1. The minimum absolute atomic E-state index is 0.0191. The summed E-state index contributed by atoms with van der Waals surface area (Å²) in [6.07, 6.45) is 1.95. The third kappa shape index (κ3) is 3.75. The molecule has 0 spiro atoms. The number of carbonyl (C=O) groups is 1. The molecule has 0 atom stereocenters. The molecule has 2 aromatic carbocycles. The zero-order valence-electron chi connectivity index (χ0n) is 13.5. The molecule has 2 aromatic rings. The van der Waals surface area contributed by atoms with E-state index in [-0.39, 0.29) is 12.5 Å². The van der Waals surface area contributed by atoms with Gasteiger partial charge in [0.2, 0.25) is 0 Å². The fourth-order valence-corrected chi connectivity index (χ4v) is 3.10. The summed E-state index contributed by atoms with van der Waals surface area (Å²) >= 11 is 0. The second kappa shape index (κ2) is 7.65. The van der Waals surface area contributed by atoms with E-state index in [1.807, 2.05) is 11.0 Å². The predicted octanol–water partition coefficient (Wildman–Crippen LogP) is 3.34. The van der Waals surface area contributed by atoms with Crippen molar-refractivity contribution in [3.63, 3.8) is 0 Å². The molecule has 0 N–H and O–H groups in total. The molecule has 1 aliphatic rings. The van der Waals surface area contributed by atoms with Crippen LogP contribution in [0.1, 0.15) is 29.9 Å². The monoisotopic (exact) mass is 320 g/mol. The Hall–Kier alpha value is -2.80. The second-order valence-corrected chi connectivity index (χ2v) is 5.96. The smallest absolute Gasteiger partial charge is 0.260 e. The molecule has 0 aromatic heterocycles. The Morgan fingerprint density at radius 3 is 2.46 bits per heavy atom. The molecule has 4 nitrogen and oxygen atoms in total. The van der Waals surface area contributed by atoms with Gasteiger partial charge in [-0.1, -0.05) is 42.5 Å². The topological polar surface area (TPSA) is 53.3 Å². The third-order valence-corrected chi connectivity index (χ3v) is 4.48. The third-order valence-electron chi connectivity index (χ3n) is 4.48. The van der Waals surface area contributed by atoms with Crippen molar-refractivity contribution in [1.29, 1.82) is 5.26 Å². The summed E-state index contributed by atoms with van der Waals surface area (Å²) in [7, 11) is 0. The van der Waals surface area contributed by atoms with Crippen molar-refractivity contribution in [2.24, 2.45) is 0 Å². The number of para-hydroxylation sites is 1. The van der Waals surface area contributed by atoms with Crippen molar-refractivity contribution in [3.8, 4) is 11.8 Å². The van der Waals surface area contributed by atoms with Crippen LogP contribution in [0.4, 0.5) is 0 Å². The van der Waals surface area contributed by atoms with Crippen molar-refractivity contribution >= 4 is 5.91 Å². The number of rotatable bonds is 4. The fraction of sp³-hybridized carbons (Fsp3) is 0.300. The largest absolute Gasteiger partial charge is 0.482 e. The molecule has 1 saturated heterocycles. The van der Waals surface area contributed by atoms with Gasteiger partial charge < -0.3 is 9.64 Å². The van der Waals surface area contributed by atoms with Gasteiger partial charge in [0.1, 0.15) is 11.8 Å². The molecule has 122 valence electrons. The SMILES string of the molecule is N#Cc1ccccc1OCC(=O)N1CCC(c2ccccc2)CC1. The summed E-state index contributed by atoms with van der Waals surface area (Å²) in [4.78, 5) is 14.2. The highest BCUT2D eigenvalue weighted by Gasteiger charge is 2.24. The van der Waals surface area contributed by atoms with Crippen LogP contribution >= 0.6 is 0 Å². The van der Waals surface area contributed by atoms with Crippen LogP contribution in [0.15, 0.2) is 54.6 Å². The Balaban J connectivity index is 1.51. The maximum Gasteiger partial charge on any atom is 0.260 e. The Kier molecular flexibility index (Phi) is 5.12. The summed E-state index contributed by atoms with van der Waals surface area (Å²) in [6.45, 7) is 1.48. The summed E-state index contributed by atoms with van der Waals surface area (Å²) in [5.74, 6) is 0.970. The lowest BCUT2D eigenvalue weighted by molar-refractivity contribution is -0.134. The quantitative estimate of drug-likeness (QED) is 0.868. The van der Waals surface area contributed by atoms with Gasteiger partial charge in [-0.2, -0.15) is 5.26 Å². The molecular weight excluding hydrogens is 300 g/mol. The number of nitriles is 1. The van der Waals surface area contributed by atoms with Crippen molar-refractivity contribution in [2.75, 3.05) is 19.7 Å². The summed E-state index contributed by atoms with van der Waals surface area (Å²) < 4.78 is 5.54. The van der Waals surface area contributed by atoms with E-state index in [0.29, 0.717) is 17.2 Å². The minimum Gasteiger partial charge on any atom is -0.482 e. The van der Waals surface area contributed by atoms with Crippen LogP contribution in [0, 0.1) is 11.3 Å². The van der Waals surface area contributed by atoms with Gasteiger partial charge in [-0.15, -0.1) is 0 Å². The van der Waals surface area contributed by atoms with Gasteiger partial charge in [-0.25, -0.2) is 0 Å². The minimum atomic E-state index is -0.0192. The number of hydrogen-bond donors (Lipinski definition) is 0. The number of likely N-dealkylation sites (tertiary alicyclic amines) is 1. The first-order valence-electron chi connectivity index (χ1n) is 8.22. The van der Waals surface area contributed by atoms with Gasteiger partial charge in [-0.05, 0) is 36.5 Å². The fourth-order valence-electron chi connectivity index (χ4n) is 3.10. The Bertz CT molecular complexity index is 729. The van der Waals surface area contributed by atoms with Crippen LogP contribution in [-0.2, 0) is 4.79 Å². The average Bonchev–Trinajstić information content (AvgIpc) is 2.67. The first-order valence-corrected chi connectivity index (χ1v) is 8.22. The first kappa shape index (κ1) is 16.1. The molecule has 24 heavy (non-hydrogen) atoms. The van der Waals surface area contributed by atoms with Gasteiger partial charge >= 0.3 is 0 Å². The van der Waals surface area contributed by atoms with Gasteiger partial charge in [0.05, 0.1) is 5.56 Å². The highest BCUT2D eigenvalue weighted by Crippen LogP contribution is 2.27. The van der Waals surface area contributed by atoms with Crippen molar-refractivity contribution < 1.29 is 9.53 Å². The van der Waals surface area contributed by atoms with Crippen molar-refractivity contribution in [2.45, 2.75) is 18.8 Å². The summed E-state index contributed by atoms with van der Waals surface area (Å²) in [6, 6.07) is 19.5. The van der Waals surface area contributed by atoms with Crippen molar-refractivity contribution in [3.05, 3.63) is 65.7 Å². The van der Waals surface area contributed by atoms with E-state index in [1.165, 1.54) is 5.56 Å². The standard InChI is InChI=1S/C20H20N2O2/c21-14-18-8-4-5-9-19(18)24-15-20(23)22-12-10-17(11-13-22)16-6-2-1-3-7-16/h1-9,17H,10-13,15H2. The average molecular weight is 320 g/mol. The van der Waals surface area contributed by atoms with Gasteiger partial charge in [0.15, 0.2) is 6.61 Å². The zero-order valence-corrected chi connectivity index (χ0v) is 13.5. The highest BCUT2D eigenvalue weighted by molar-refractivity contribution is 5.78. The van der Waals surface area contributed by atoms with E-state index in [2.05, 4.69) is 30.3 Å². The Labute approximate surface area is 142 Å². The van der Waals surface area contributed by atoms with E-state index in [1.54, 1.807) is 24.3 Å². The molecular formula is C20H20N2O2. The normalized spacial score (nSPS) is 14.9. The van der Waals surface area contributed by atoms with Crippen LogP contribution in [0.2, 0.25) is 0 Å². The molecule has 1 aliphatic heterocycles. The molecule has 4 heteroatoms. The molecule has 0 radical (unpaired) electrons. The van der Waals surface area contributed by atoms with E-state index in [4.69, 9.17) is 10.00 Å². The number of benzene rings is 2. The molecule has 0 unspecified atom stereocenters. The maximum absolute atomic E-state index is 12.3. The lowest BCUT2D eigenvalue weighted by atomic mass is 9.89. The molecule has 0 bridgehead atoms. The zero-order chi connectivity index (χ0) is 16.8. The number of carbonyl (C=O) groups excluding carboxylic acids is 1. The predicted molar refractivity (Wildman–Crippen MR) is 91.6 cm³/mol. The Morgan fingerprint density at radius 1 is 1.08 bits per heavy atom. The van der Waals surface area contributed by atoms with Gasteiger partial charge in [-0.3, -0.25) is 4.79 Å². The lowest BCUT2D eigenvalue weighted by Gasteiger charge is -2.32. The summed E-state index contributed by atoms with van der Waals surface area (Å²) in [5.41, 5.74) is 1.80. The Morgan fingerprint density at radius 2 is 1.75 bits per heavy atom. The van der Waals surface area contributed by atoms with Gasteiger partial charge in [0.25, 0.3) is 5.91 Å². The van der Waals surface area contributed by atoms with Crippen LogP contribution in [-0.4, -0.2) is 30.5 Å². The van der Waals surface area contributed by atoms with E-state index >= 15 is 0 Å².